The lowest BCUT2D eigenvalue weighted by molar-refractivity contribution is 0.421. The van der Waals surface area contributed by atoms with Crippen molar-refractivity contribution in [3.63, 3.8) is 0 Å². The minimum Gasteiger partial charge on any atom is -0.406 e. The SMILES string of the molecule is CCNC(C)c1nnc(N(C)Cc2ccccc2F)o1. The third-order valence-corrected chi connectivity index (χ3v) is 3.00. The van der Waals surface area contributed by atoms with Gasteiger partial charge in [0.05, 0.1) is 6.04 Å². The van der Waals surface area contributed by atoms with Gasteiger partial charge in [0, 0.05) is 19.2 Å². The summed E-state index contributed by atoms with van der Waals surface area (Å²) >= 11 is 0. The summed E-state index contributed by atoms with van der Waals surface area (Å²) < 4.78 is 19.2. The van der Waals surface area contributed by atoms with E-state index in [0.717, 1.165) is 6.54 Å². The Kier molecular flexibility index (Phi) is 4.68. The molecule has 0 aliphatic carbocycles. The lowest BCUT2D eigenvalue weighted by Gasteiger charge is -2.14. The van der Waals surface area contributed by atoms with Crippen molar-refractivity contribution in [3.8, 4) is 0 Å². The van der Waals surface area contributed by atoms with E-state index in [2.05, 4.69) is 15.5 Å². The Morgan fingerprint density at radius 2 is 2.10 bits per heavy atom. The third kappa shape index (κ3) is 3.33. The Labute approximate surface area is 117 Å². The Morgan fingerprint density at radius 3 is 2.80 bits per heavy atom. The van der Waals surface area contributed by atoms with E-state index in [1.807, 2.05) is 13.8 Å². The number of hydrogen-bond acceptors (Lipinski definition) is 5. The van der Waals surface area contributed by atoms with Crippen LogP contribution in [0, 0.1) is 5.82 Å². The molecule has 0 amide bonds. The summed E-state index contributed by atoms with van der Waals surface area (Å²) in [5.41, 5.74) is 0.592. The number of anilines is 1. The van der Waals surface area contributed by atoms with Crippen molar-refractivity contribution in [1.29, 1.82) is 0 Å². The van der Waals surface area contributed by atoms with E-state index in [1.54, 1.807) is 30.1 Å². The van der Waals surface area contributed by atoms with Crippen LogP contribution in [0.4, 0.5) is 10.4 Å². The van der Waals surface area contributed by atoms with E-state index in [0.29, 0.717) is 24.0 Å². The van der Waals surface area contributed by atoms with Gasteiger partial charge in [-0.25, -0.2) is 4.39 Å². The van der Waals surface area contributed by atoms with Crippen LogP contribution in [0.3, 0.4) is 0 Å². The van der Waals surface area contributed by atoms with Gasteiger partial charge in [-0.2, -0.15) is 0 Å². The fourth-order valence-corrected chi connectivity index (χ4v) is 1.90. The van der Waals surface area contributed by atoms with Crippen molar-refractivity contribution < 1.29 is 8.81 Å². The molecule has 0 bridgehead atoms. The summed E-state index contributed by atoms with van der Waals surface area (Å²) in [6.07, 6.45) is 0. The zero-order chi connectivity index (χ0) is 14.5. The normalized spacial score (nSPS) is 12.4. The summed E-state index contributed by atoms with van der Waals surface area (Å²) in [6.45, 7) is 5.17. The van der Waals surface area contributed by atoms with Crippen LogP contribution in [0.1, 0.15) is 31.3 Å². The lowest BCUT2D eigenvalue weighted by atomic mass is 10.2. The summed E-state index contributed by atoms with van der Waals surface area (Å²) in [5, 5.41) is 11.2. The molecular weight excluding hydrogens is 259 g/mol. The zero-order valence-corrected chi connectivity index (χ0v) is 11.9. The number of rotatable bonds is 6. The highest BCUT2D eigenvalue weighted by Gasteiger charge is 2.16. The Hall–Kier alpha value is -1.95. The minimum absolute atomic E-state index is 0.00288. The molecule has 0 saturated heterocycles. The number of nitrogens with one attached hydrogen (secondary N) is 1. The number of aromatic nitrogens is 2. The van der Waals surface area contributed by atoms with E-state index in [4.69, 9.17) is 4.42 Å². The molecule has 1 aromatic heterocycles. The van der Waals surface area contributed by atoms with Crippen LogP contribution in [0.2, 0.25) is 0 Å². The van der Waals surface area contributed by atoms with Gasteiger partial charge in [-0.3, -0.25) is 0 Å². The van der Waals surface area contributed by atoms with E-state index >= 15 is 0 Å². The van der Waals surface area contributed by atoms with Crippen LogP contribution in [-0.2, 0) is 6.54 Å². The van der Waals surface area contributed by atoms with Gasteiger partial charge in [0.25, 0.3) is 0 Å². The van der Waals surface area contributed by atoms with E-state index in [-0.39, 0.29) is 11.9 Å². The fourth-order valence-electron chi connectivity index (χ4n) is 1.90. The Morgan fingerprint density at radius 1 is 1.35 bits per heavy atom. The first-order valence-electron chi connectivity index (χ1n) is 6.63. The van der Waals surface area contributed by atoms with Crippen LogP contribution >= 0.6 is 0 Å². The molecule has 1 aromatic carbocycles. The zero-order valence-electron chi connectivity index (χ0n) is 11.9. The molecular formula is C14H19FN4O. The molecule has 20 heavy (non-hydrogen) atoms. The minimum atomic E-state index is -0.236. The monoisotopic (exact) mass is 278 g/mol. The molecule has 1 unspecified atom stereocenters. The molecule has 2 aromatic rings. The molecule has 0 spiro atoms. The molecule has 0 aliphatic heterocycles. The second kappa shape index (κ2) is 6.47. The van der Waals surface area contributed by atoms with Crippen molar-refractivity contribution in [2.24, 2.45) is 0 Å². The molecule has 0 radical (unpaired) electrons. The van der Waals surface area contributed by atoms with Crippen LogP contribution in [0.25, 0.3) is 0 Å². The van der Waals surface area contributed by atoms with E-state index < -0.39 is 0 Å². The molecule has 1 N–H and O–H groups in total. The average molecular weight is 278 g/mol. The molecule has 6 heteroatoms. The van der Waals surface area contributed by atoms with Gasteiger partial charge in [0.2, 0.25) is 5.89 Å². The molecule has 1 heterocycles. The maximum absolute atomic E-state index is 13.6. The molecule has 1 atom stereocenters. The Bertz CT molecular complexity index is 558. The van der Waals surface area contributed by atoms with Crippen LogP contribution < -0.4 is 10.2 Å². The smallest absolute Gasteiger partial charge is 0.318 e. The average Bonchev–Trinajstić information content (AvgIpc) is 2.91. The van der Waals surface area contributed by atoms with Gasteiger partial charge in [-0.1, -0.05) is 30.2 Å². The summed E-state index contributed by atoms with van der Waals surface area (Å²) in [7, 11) is 1.79. The second-order valence-corrected chi connectivity index (χ2v) is 4.65. The van der Waals surface area contributed by atoms with Crippen LogP contribution in [0.15, 0.2) is 28.7 Å². The third-order valence-electron chi connectivity index (χ3n) is 3.00. The predicted molar refractivity (Wildman–Crippen MR) is 74.9 cm³/mol. The number of halogens is 1. The molecule has 2 rings (SSSR count). The van der Waals surface area contributed by atoms with Gasteiger partial charge >= 0.3 is 6.01 Å². The van der Waals surface area contributed by atoms with Crippen molar-refractivity contribution in [3.05, 3.63) is 41.5 Å². The summed E-state index contributed by atoms with van der Waals surface area (Å²) in [4.78, 5) is 1.73. The van der Waals surface area contributed by atoms with Gasteiger partial charge in [0.1, 0.15) is 5.82 Å². The molecule has 5 nitrogen and oxygen atoms in total. The molecule has 108 valence electrons. The fraction of sp³-hybridized carbons (Fsp3) is 0.429. The number of hydrogen-bond donors (Lipinski definition) is 1. The predicted octanol–water partition coefficient (Wildman–Crippen LogP) is 2.52. The van der Waals surface area contributed by atoms with Crippen molar-refractivity contribution in [2.75, 3.05) is 18.5 Å². The highest BCUT2D eigenvalue weighted by atomic mass is 19.1. The van der Waals surface area contributed by atoms with Crippen LogP contribution in [0.5, 0.6) is 0 Å². The maximum Gasteiger partial charge on any atom is 0.318 e. The first kappa shape index (κ1) is 14.5. The molecule has 0 saturated carbocycles. The van der Waals surface area contributed by atoms with E-state index in [9.17, 15) is 4.39 Å². The summed E-state index contributed by atoms with van der Waals surface area (Å²) in [5.74, 6) is 0.294. The van der Waals surface area contributed by atoms with Crippen molar-refractivity contribution in [1.82, 2.24) is 15.5 Å². The number of nitrogens with zero attached hydrogens (tertiary/aromatic N) is 3. The topological polar surface area (TPSA) is 54.2 Å². The number of benzene rings is 1. The highest BCUT2D eigenvalue weighted by molar-refractivity contribution is 5.28. The highest BCUT2D eigenvalue weighted by Crippen LogP contribution is 2.18. The molecule has 0 fully saturated rings. The van der Waals surface area contributed by atoms with Gasteiger partial charge < -0.3 is 14.6 Å². The quantitative estimate of drug-likeness (QED) is 0.880. The molecule has 0 aliphatic rings. The van der Waals surface area contributed by atoms with E-state index in [1.165, 1.54) is 6.07 Å². The van der Waals surface area contributed by atoms with Gasteiger partial charge in [-0.05, 0) is 19.5 Å². The maximum atomic E-state index is 13.6. The van der Waals surface area contributed by atoms with Crippen molar-refractivity contribution in [2.45, 2.75) is 26.4 Å². The summed E-state index contributed by atoms with van der Waals surface area (Å²) in [6, 6.07) is 7.04. The second-order valence-electron chi connectivity index (χ2n) is 4.65. The van der Waals surface area contributed by atoms with Gasteiger partial charge in [-0.15, -0.1) is 5.10 Å². The lowest BCUT2D eigenvalue weighted by Crippen LogP contribution is -2.18. The first-order chi connectivity index (χ1) is 9.61. The standard InChI is InChI=1S/C14H19FN4O/c1-4-16-10(2)13-17-18-14(20-13)19(3)9-11-7-5-6-8-12(11)15/h5-8,10,16H,4,9H2,1-3H3. The largest absolute Gasteiger partial charge is 0.406 e. The van der Waals surface area contributed by atoms with Crippen LogP contribution in [-0.4, -0.2) is 23.8 Å². The van der Waals surface area contributed by atoms with Crippen molar-refractivity contribution >= 4 is 6.01 Å². The Balaban J connectivity index is 2.06. The van der Waals surface area contributed by atoms with Gasteiger partial charge in [0.15, 0.2) is 0 Å². The first-order valence-corrected chi connectivity index (χ1v) is 6.63.